The second-order valence-corrected chi connectivity index (χ2v) is 7.16. The van der Waals surface area contributed by atoms with E-state index in [1.165, 1.54) is 18.2 Å². The summed E-state index contributed by atoms with van der Waals surface area (Å²) in [4.78, 5) is 42.0. The van der Waals surface area contributed by atoms with Gasteiger partial charge in [0.15, 0.2) is 5.92 Å². The van der Waals surface area contributed by atoms with E-state index < -0.39 is 23.8 Å². The van der Waals surface area contributed by atoms with Crippen molar-refractivity contribution in [1.82, 2.24) is 5.32 Å². The van der Waals surface area contributed by atoms with Crippen LogP contribution in [0.4, 0.5) is 16.2 Å². The molecule has 0 radical (unpaired) electrons. The highest BCUT2D eigenvalue weighted by Crippen LogP contribution is 2.25. The molecular weight excluding hydrogens is 483 g/mol. The SMILES string of the molecule is N#Cc1ccc(Cl)cc1N=C[C@H]1C(=O)NC(=O)N(c2ccc(I)cc2)C1=O. The number of amides is 4. The fourth-order valence-electron chi connectivity index (χ4n) is 2.42. The molecule has 0 unspecified atom stereocenters. The van der Waals surface area contributed by atoms with Gasteiger partial charge >= 0.3 is 6.03 Å². The molecule has 2 aromatic carbocycles. The average Bonchev–Trinajstić information content (AvgIpc) is 2.63. The first-order valence-electron chi connectivity index (χ1n) is 7.59. The van der Waals surface area contributed by atoms with Crippen LogP contribution in [0.2, 0.25) is 5.02 Å². The zero-order chi connectivity index (χ0) is 19.6. The third kappa shape index (κ3) is 3.99. The van der Waals surface area contributed by atoms with Crippen LogP contribution in [0.3, 0.4) is 0 Å². The van der Waals surface area contributed by atoms with Gasteiger partial charge in [0.25, 0.3) is 5.91 Å². The predicted molar refractivity (Wildman–Crippen MR) is 108 cm³/mol. The van der Waals surface area contributed by atoms with E-state index in [0.29, 0.717) is 10.7 Å². The van der Waals surface area contributed by atoms with E-state index in [1.54, 1.807) is 24.3 Å². The maximum Gasteiger partial charge on any atom is 0.335 e. The van der Waals surface area contributed by atoms with Crippen LogP contribution in [0.15, 0.2) is 47.5 Å². The van der Waals surface area contributed by atoms with Crippen LogP contribution >= 0.6 is 34.2 Å². The van der Waals surface area contributed by atoms with Crippen molar-refractivity contribution >= 4 is 69.6 Å². The summed E-state index contributed by atoms with van der Waals surface area (Å²) in [6.45, 7) is 0. The Morgan fingerprint density at radius 2 is 1.89 bits per heavy atom. The summed E-state index contributed by atoms with van der Waals surface area (Å²) in [6.07, 6.45) is 1.11. The highest BCUT2D eigenvalue weighted by atomic mass is 127. The normalized spacial score (nSPS) is 17.1. The van der Waals surface area contributed by atoms with Gasteiger partial charge in [0.1, 0.15) is 6.07 Å². The van der Waals surface area contributed by atoms with Gasteiger partial charge in [0.2, 0.25) is 5.91 Å². The van der Waals surface area contributed by atoms with Crippen molar-refractivity contribution in [3.63, 3.8) is 0 Å². The minimum Gasteiger partial charge on any atom is -0.276 e. The van der Waals surface area contributed by atoms with Crippen LogP contribution in [-0.2, 0) is 9.59 Å². The van der Waals surface area contributed by atoms with Gasteiger partial charge in [-0.1, -0.05) is 11.6 Å². The summed E-state index contributed by atoms with van der Waals surface area (Å²) in [7, 11) is 0. The number of halogens is 2. The monoisotopic (exact) mass is 492 g/mol. The minimum absolute atomic E-state index is 0.225. The molecule has 1 atom stereocenters. The number of benzene rings is 2. The van der Waals surface area contributed by atoms with Crippen molar-refractivity contribution in [3.8, 4) is 6.07 Å². The second-order valence-electron chi connectivity index (χ2n) is 5.47. The molecule has 1 aliphatic heterocycles. The topological polar surface area (TPSA) is 103 Å². The second kappa shape index (κ2) is 7.85. The lowest BCUT2D eigenvalue weighted by Gasteiger charge is -2.28. The number of rotatable bonds is 3. The van der Waals surface area contributed by atoms with Gasteiger partial charge in [-0.3, -0.25) is 19.9 Å². The molecular formula is C18H10ClIN4O3. The molecule has 4 amide bonds. The summed E-state index contributed by atoms with van der Waals surface area (Å²) in [6, 6.07) is 12.3. The van der Waals surface area contributed by atoms with E-state index >= 15 is 0 Å². The molecule has 0 bridgehead atoms. The number of imide groups is 2. The number of nitriles is 1. The molecule has 0 aromatic heterocycles. The molecule has 0 saturated carbocycles. The number of nitrogens with one attached hydrogen (secondary N) is 1. The third-order valence-electron chi connectivity index (χ3n) is 3.73. The number of nitrogens with zero attached hydrogens (tertiary/aromatic N) is 3. The summed E-state index contributed by atoms with van der Waals surface area (Å²) in [5.74, 6) is -2.82. The minimum atomic E-state index is -1.31. The largest absolute Gasteiger partial charge is 0.335 e. The van der Waals surface area contributed by atoms with Crippen LogP contribution in [-0.4, -0.2) is 24.1 Å². The van der Waals surface area contributed by atoms with Crippen molar-refractivity contribution in [1.29, 1.82) is 5.26 Å². The zero-order valence-electron chi connectivity index (χ0n) is 13.5. The molecule has 1 saturated heterocycles. The van der Waals surface area contributed by atoms with E-state index in [2.05, 4.69) is 32.9 Å². The summed E-state index contributed by atoms with van der Waals surface area (Å²) < 4.78 is 0.931. The molecule has 134 valence electrons. The lowest BCUT2D eigenvalue weighted by Crippen LogP contribution is -2.58. The third-order valence-corrected chi connectivity index (χ3v) is 4.68. The molecule has 1 aliphatic rings. The van der Waals surface area contributed by atoms with E-state index in [4.69, 9.17) is 16.9 Å². The number of barbiturate groups is 1. The van der Waals surface area contributed by atoms with Crippen molar-refractivity contribution in [3.05, 3.63) is 56.6 Å². The first kappa shape index (κ1) is 19.0. The maximum absolute atomic E-state index is 12.7. The van der Waals surface area contributed by atoms with E-state index in [0.717, 1.165) is 14.7 Å². The van der Waals surface area contributed by atoms with Gasteiger partial charge in [-0.05, 0) is 65.1 Å². The summed E-state index contributed by atoms with van der Waals surface area (Å²) >= 11 is 8.00. The van der Waals surface area contributed by atoms with Crippen molar-refractivity contribution in [2.45, 2.75) is 0 Å². The Kier molecular flexibility index (Phi) is 5.53. The fourth-order valence-corrected chi connectivity index (χ4v) is 2.94. The van der Waals surface area contributed by atoms with E-state index in [-0.39, 0.29) is 11.3 Å². The van der Waals surface area contributed by atoms with Crippen LogP contribution < -0.4 is 10.2 Å². The number of anilines is 1. The number of carbonyl (C=O) groups excluding carboxylic acids is 3. The van der Waals surface area contributed by atoms with Gasteiger partial charge in [-0.2, -0.15) is 5.26 Å². The van der Waals surface area contributed by atoms with Gasteiger partial charge in [-0.25, -0.2) is 9.69 Å². The van der Waals surface area contributed by atoms with Gasteiger partial charge in [-0.15, -0.1) is 0 Å². The van der Waals surface area contributed by atoms with Gasteiger partial charge in [0.05, 0.1) is 16.9 Å². The van der Waals surface area contributed by atoms with Crippen LogP contribution in [0.5, 0.6) is 0 Å². The molecule has 2 aromatic rings. The molecule has 27 heavy (non-hydrogen) atoms. The quantitative estimate of drug-likeness (QED) is 0.403. The zero-order valence-corrected chi connectivity index (χ0v) is 16.4. The Labute approximate surface area is 172 Å². The number of aliphatic imine (C=N–C) groups is 1. The molecule has 1 N–H and O–H groups in total. The smallest absolute Gasteiger partial charge is 0.276 e. The van der Waals surface area contributed by atoms with Crippen molar-refractivity contribution in [2.75, 3.05) is 4.90 Å². The van der Waals surface area contributed by atoms with Crippen molar-refractivity contribution < 1.29 is 14.4 Å². The Morgan fingerprint density at radius 1 is 1.19 bits per heavy atom. The Hall–Kier alpha value is -2.77. The summed E-state index contributed by atoms with van der Waals surface area (Å²) in [5.41, 5.74) is 0.803. The lowest BCUT2D eigenvalue weighted by molar-refractivity contribution is -0.131. The standard InChI is InChI=1S/C18H10ClIN4O3/c19-11-2-1-10(8-21)15(7-11)22-9-14-16(25)23-18(27)24(17(14)26)13-5-3-12(20)4-6-13/h1-7,9,14H,(H,23,25,27)/t14-/m0/s1. The van der Waals surface area contributed by atoms with Crippen molar-refractivity contribution in [2.24, 2.45) is 10.9 Å². The van der Waals surface area contributed by atoms with Crippen LogP contribution in [0.1, 0.15) is 5.56 Å². The molecule has 9 heteroatoms. The molecule has 7 nitrogen and oxygen atoms in total. The van der Waals surface area contributed by atoms with Crippen LogP contribution in [0.25, 0.3) is 0 Å². The average molecular weight is 493 g/mol. The number of hydrogen-bond acceptors (Lipinski definition) is 5. The first-order valence-corrected chi connectivity index (χ1v) is 9.04. The fraction of sp³-hybridized carbons (Fsp3) is 0.0556. The Morgan fingerprint density at radius 3 is 2.56 bits per heavy atom. The van der Waals surface area contributed by atoms with Gasteiger partial charge in [0, 0.05) is 14.8 Å². The highest BCUT2D eigenvalue weighted by molar-refractivity contribution is 14.1. The predicted octanol–water partition coefficient (Wildman–Crippen LogP) is 3.42. The lowest BCUT2D eigenvalue weighted by atomic mass is 10.1. The Balaban J connectivity index is 1.93. The highest BCUT2D eigenvalue weighted by Gasteiger charge is 2.40. The summed E-state index contributed by atoms with van der Waals surface area (Å²) in [5, 5.41) is 11.6. The molecule has 1 heterocycles. The molecule has 0 spiro atoms. The number of hydrogen-bond donors (Lipinski definition) is 1. The number of carbonyl (C=O) groups is 3. The number of urea groups is 1. The molecule has 1 fully saturated rings. The molecule has 3 rings (SSSR count). The van der Waals surface area contributed by atoms with Gasteiger partial charge < -0.3 is 0 Å². The Bertz CT molecular complexity index is 1010. The van der Waals surface area contributed by atoms with E-state index in [1.807, 2.05) is 6.07 Å². The van der Waals surface area contributed by atoms with E-state index in [9.17, 15) is 14.4 Å². The maximum atomic E-state index is 12.7. The molecule has 0 aliphatic carbocycles. The first-order chi connectivity index (χ1) is 12.9. The van der Waals surface area contributed by atoms with Crippen LogP contribution in [0, 0.1) is 20.8 Å².